The third-order valence-corrected chi connectivity index (χ3v) is 0.532. The van der Waals surface area contributed by atoms with Crippen LogP contribution in [0.3, 0.4) is 0 Å². The highest BCUT2D eigenvalue weighted by Gasteiger charge is 1.99. The normalized spacial score (nSPS) is 12.8. The van der Waals surface area contributed by atoms with Crippen LogP contribution < -0.4 is 16.8 Å². The Balaban J connectivity index is 3.24. The van der Waals surface area contributed by atoms with E-state index < -0.39 is 12.3 Å². The predicted molar refractivity (Wildman–Crippen MR) is 27.8 cm³/mol. The molecule has 0 radical (unpaired) electrons. The maximum absolute atomic E-state index is 9.86. The molecule has 0 bridgehead atoms. The predicted octanol–water partition coefficient (Wildman–Crippen LogP) is -2.07. The maximum atomic E-state index is 9.86. The lowest BCUT2D eigenvalue weighted by Crippen LogP contribution is -2.42. The van der Waals surface area contributed by atoms with E-state index in [0.29, 0.717) is 0 Å². The molecule has 48 valence electrons. The van der Waals surface area contributed by atoms with Crippen LogP contribution in [0.2, 0.25) is 0 Å². The molecule has 6 N–H and O–H groups in total. The fraction of sp³-hybridized carbons (Fsp3) is 0.667. The number of carbonyl (C=O) groups excluding carboxylic acids is 1. The number of urea groups is 1. The molecule has 0 aromatic rings. The first kappa shape index (κ1) is 7.19. The van der Waals surface area contributed by atoms with Crippen molar-refractivity contribution in [1.29, 1.82) is 0 Å². The number of nitrogens with two attached hydrogens (primary N) is 2. The summed E-state index contributed by atoms with van der Waals surface area (Å²) in [5, 5.41) is 10.5. The second-order valence-corrected chi connectivity index (χ2v) is 1.26. The van der Waals surface area contributed by atoms with Crippen molar-refractivity contribution in [1.82, 2.24) is 5.32 Å². The van der Waals surface area contributed by atoms with Crippen LogP contribution in [0.5, 0.6) is 0 Å². The van der Waals surface area contributed by atoms with Crippen LogP contribution in [0.15, 0.2) is 0 Å². The van der Waals surface area contributed by atoms with Gasteiger partial charge in [-0.3, -0.25) is 0 Å². The Bertz CT molecular complexity index is 84.6. The molecule has 0 spiro atoms. The number of hydrogen-bond donors (Lipinski definition) is 4. The van der Waals surface area contributed by atoms with E-state index in [4.69, 9.17) is 10.8 Å². The fourth-order valence-electron chi connectivity index (χ4n) is 0.223. The second kappa shape index (κ2) is 3.23. The molecular weight excluding hydrogens is 110 g/mol. The van der Waals surface area contributed by atoms with Crippen molar-refractivity contribution in [3.63, 3.8) is 0 Å². The SMILES string of the molecule is NCC(O)NC(N)=O. The van der Waals surface area contributed by atoms with Gasteiger partial charge in [0.25, 0.3) is 0 Å². The maximum Gasteiger partial charge on any atom is 0.314 e. The summed E-state index contributed by atoms with van der Waals surface area (Å²) in [7, 11) is 0. The minimum atomic E-state index is -1.02. The summed E-state index contributed by atoms with van der Waals surface area (Å²) < 4.78 is 0. The molecule has 8 heavy (non-hydrogen) atoms. The molecule has 0 rings (SSSR count). The molecule has 5 heteroatoms. The summed E-state index contributed by atoms with van der Waals surface area (Å²) in [6, 6.07) is -0.775. The van der Waals surface area contributed by atoms with Crippen LogP contribution in [0, 0.1) is 0 Å². The molecule has 0 aromatic heterocycles. The van der Waals surface area contributed by atoms with E-state index in [9.17, 15) is 4.79 Å². The van der Waals surface area contributed by atoms with Crippen molar-refractivity contribution in [2.75, 3.05) is 6.54 Å². The summed E-state index contributed by atoms with van der Waals surface area (Å²) in [4.78, 5) is 9.86. The van der Waals surface area contributed by atoms with Crippen molar-refractivity contribution in [3.05, 3.63) is 0 Å². The van der Waals surface area contributed by atoms with Crippen LogP contribution in [-0.4, -0.2) is 23.9 Å². The van der Waals surface area contributed by atoms with Crippen LogP contribution >= 0.6 is 0 Å². The Hall–Kier alpha value is -0.810. The Morgan fingerprint density at radius 2 is 2.38 bits per heavy atom. The number of nitrogens with one attached hydrogen (secondary N) is 1. The van der Waals surface area contributed by atoms with Crippen molar-refractivity contribution in [3.8, 4) is 0 Å². The molecule has 0 aliphatic heterocycles. The quantitative estimate of drug-likeness (QED) is 0.314. The molecule has 1 unspecified atom stereocenters. The molecule has 0 aliphatic carbocycles. The van der Waals surface area contributed by atoms with Gasteiger partial charge in [0.05, 0.1) is 0 Å². The molecule has 5 nitrogen and oxygen atoms in total. The zero-order valence-electron chi connectivity index (χ0n) is 4.29. The highest BCUT2D eigenvalue weighted by atomic mass is 16.3. The van der Waals surface area contributed by atoms with Crippen molar-refractivity contribution in [2.45, 2.75) is 6.23 Å². The van der Waals surface area contributed by atoms with Crippen molar-refractivity contribution < 1.29 is 9.90 Å². The standard InChI is InChI=1S/C3H9N3O2/c4-1-2(7)6-3(5)8/h2,7H,1,4H2,(H3,5,6,8). The van der Waals surface area contributed by atoms with Gasteiger partial charge in [-0.25, -0.2) is 4.79 Å². The fourth-order valence-corrected chi connectivity index (χ4v) is 0.223. The monoisotopic (exact) mass is 119 g/mol. The summed E-state index contributed by atoms with van der Waals surface area (Å²) >= 11 is 0. The minimum absolute atomic E-state index is 0.0249. The zero-order valence-corrected chi connectivity index (χ0v) is 4.29. The molecule has 0 aromatic carbocycles. The van der Waals surface area contributed by atoms with E-state index in [1.165, 1.54) is 0 Å². The van der Waals surface area contributed by atoms with Gasteiger partial charge in [0.1, 0.15) is 6.23 Å². The molecule has 0 saturated heterocycles. The van der Waals surface area contributed by atoms with Crippen molar-refractivity contribution in [2.24, 2.45) is 11.5 Å². The second-order valence-electron chi connectivity index (χ2n) is 1.26. The average molecular weight is 119 g/mol. The number of hydrogen-bond acceptors (Lipinski definition) is 3. The Kier molecular flexibility index (Phi) is 2.90. The van der Waals surface area contributed by atoms with Crippen LogP contribution in [-0.2, 0) is 0 Å². The Morgan fingerprint density at radius 3 is 2.50 bits per heavy atom. The summed E-state index contributed by atoms with van der Waals surface area (Å²) in [5.41, 5.74) is 9.50. The van der Waals surface area contributed by atoms with Gasteiger partial charge < -0.3 is 21.9 Å². The van der Waals surface area contributed by atoms with E-state index in [1.54, 1.807) is 0 Å². The number of amides is 2. The van der Waals surface area contributed by atoms with Crippen LogP contribution in [0.1, 0.15) is 0 Å². The average Bonchev–Trinajstić information content (AvgIpc) is 1.65. The molecular formula is C3H9N3O2. The highest BCUT2D eigenvalue weighted by molar-refractivity contribution is 5.71. The molecule has 0 saturated carbocycles. The van der Waals surface area contributed by atoms with Gasteiger partial charge in [-0.2, -0.15) is 0 Å². The molecule has 0 fully saturated rings. The van der Waals surface area contributed by atoms with Gasteiger partial charge >= 0.3 is 6.03 Å². The van der Waals surface area contributed by atoms with Gasteiger partial charge in [-0.05, 0) is 0 Å². The number of aliphatic hydroxyl groups excluding tert-OH is 1. The number of aliphatic hydroxyl groups is 1. The van der Waals surface area contributed by atoms with Gasteiger partial charge in [-0.1, -0.05) is 0 Å². The Labute approximate surface area is 46.7 Å². The van der Waals surface area contributed by atoms with E-state index in [1.807, 2.05) is 5.32 Å². The zero-order chi connectivity index (χ0) is 6.57. The molecule has 1 atom stereocenters. The third kappa shape index (κ3) is 3.38. The first-order chi connectivity index (χ1) is 3.66. The smallest absolute Gasteiger partial charge is 0.314 e. The highest BCUT2D eigenvalue weighted by Crippen LogP contribution is 1.66. The lowest BCUT2D eigenvalue weighted by atomic mass is 10.6. The summed E-state index contributed by atoms with van der Waals surface area (Å²) in [6.45, 7) is -0.0249. The topological polar surface area (TPSA) is 101 Å². The largest absolute Gasteiger partial charge is 0.372 e. The lowest BCUT2D eigenvalue weighted by Gasteiger charge is -2.05. The Morgan fingerprint density at radius 1 is 1.88 bits per heavy atom. The number of rotatable bonds is 2. The van der Waals surface area contributed by atoms with Crippen LogP contribution in [0.4, 0.5) is 4.79 Å². The number of primary amides is 1. The molecule has 0 heterocycles. The molecule has 0 aliphatic rings. The van der Waals surface area contributed by atoms with Crippen molar-refractivity contribution >= 4 is 6.03 Å². The summed E-state index contributed by atoms with van der Waals surface area (Å²) in [6.07, 6.45) is -1.02. The van der Waals surface area contributed by atoms with Gasteiger partial charge in [0.2, 0.25) is 0 Å². The molecule has 2 amide bonds. The van der Waals surface area contributed by atoms with E-state index in [0.717, 1.165) is 0 Å². The lowest BCUT2D eigenvalue weighted by molar-refractivity contribution is 0.151. The van der Waals surface area contributed by atoms with Gasteiger partial charge in [0, 0.05) is 6.54 Å². The third-order valence-electron chi connectivity index (χ3n) is 0.532. The first-order valence-corrected chi connectivity index (χ1v) is 2.11. The van der Waals surface area contributed by atoms with Crippen LogP contribution in [0.25, 0.3) is 0 Å². The minimum Gasteiger partial charge on any atom is -0.372 e. The van der Waals surface area contributed by atoms with Gasteiger partial charge in [-0.15, -0.1) is 0 Å². The number of carbonyl (C=O) groups is 1. The van der Waals surface area contributed by atoms with E-state index in [2.05, 4.69) is 5.73 Å². The van der Waals surface area contributed by atoms with Gasteiger partial charge in [0.15, 0.2) is 0 Å². The van der Waals surface area contributed by atoms with E-state index >= 15 is 0 Å². The summed E-state index contributed by atoms with van der Waals surface area (Å²) in [5.74, 6) is 0. The van der Waals surface area contributed by atoms with E-state index in [-0.39, 0.29) is 6.54 Å². The first-order valence-electron chi connectivity index (χ1n) is 2.11.